The normalized spacial score (nSPS) is 13.5. The largest absolute Gasteiger partial charge is 0.480 e. The number of carbonyl (C=O) groups excluding carboxylic acids is 1. The predicted molar refractivity (Wildman–Crippen MR) is 54.3 cm³/mol. The van der Waals surface area contributed by atoms with Crippen molar-refractivity contribution in [3.8, 4) is 0 Å². The van der Waals surface area contributed by atoms with Gasteiger partial charge in [0.2, 0.25) is 0 Å². The van der Waals surface area contributed by atoms with Crippen LogP contribution in [0.2, 0.25) is 0 Å². The molecule has 0 rings (SSSR count). The summed E-state index contributed by atoms with van der Waals surface area (Å²) in [4.78, 5) is 21.2. The summed E-state index contributed by atoms with van der Waals surface area (Å²) in [5, 5.41) is 10.1. The third-order valence-corrected chi connectivity index (χ3v) is 2.14. The van der Waals surface area contributed by atoms with Gasteiger partial charge in [-0.05, 0) is 12.3 Å². The molecule has 0 aliphatic rings. The van der Waals surface area contributed by atoms with Crippen molar-refractivity contribution in [3.63, 3.8) is 0 Å². The van der Waals surface area contributed by atoms with Crippen LogP contribution in [-0.4, -0.2) is 29.2 Å². The Morgan fingerprint density at radius 2 is 1.76 bits per heavy atom. The van der Waals surface area contributed by atoms with Crippen LogP contribution in [0.4, 0.5) is 13.2 Å². The van der Waals surface area contributed by atoms with Gasteiger partial charge in [0.15, 0.2) is 0 Å². The average Bonchev–Trinajstić information content (AvgIpc) is 2.13. The van der Waals surface area contributed by atoms with Crippen molar-refractivity contribution in [1.82, 2.24) is 5.32 Å². The minimum absolute atomic E-state index is 0.00463. The van der Waals surface area contributed by atoms with E-state index in [2.05, 4.69) is 0 Å². The van der Waals surface area contributed by atoms with E-state index in [4.69, 9.17) is 5.11 Å². The molecule has 17 heavy (non-hydrogen) atoms. The molecule has 0 bridgehead atoms. The van der Waals surface area contributed by atoms with Crippen LogP contribution < -0.4 is 5.32 Å². The molecule has 0 aromatic heterocycles. The smallest absolute Gasteiger partial charge is 0.471 e. The third-order valence-electron chi connectivity index (χ3n) is 2.14. The fourth-order valence-corrected chi connectivity index (χ4v) is 1.23. The van der Waals surface area contributed by atoms with Gasteiger partial charge in [0.25, 0.3) is 0 Å². The van der Waals surface area contributed by atoms with Crippen molar-refractivity contribution in [3.05, 3.63) is 0 Å². The van der Waals surface area contributed by atoms with Crippen LogP contribution in [-0.2, 0) is 9.59 Å². The highest BCUT2D eigenvalue weighted by Gasteiger charge is 2.40. The molecule has 0 aromatic rings. The summed E-state index contributed by atoms with van der Waals surface area (Å²) in [7, 11) is 0. The molecule has 0 aliphatic heterocycles. The zero-order valence-electron chi connectivity index (χ0n) is 9.67. The van der Waals surface area contributed by atoms with Gasteiger partial charge in [0, 0.05) is 0 Å². The molecular formula is C10H16F3NO3. The summed E-state index contributed by atoms with van der Waals surface area (Å²) in [5.41, 5.74) is 0. The lowest BCUT2D eigenvalue weighted by atomic mass is 10.0. The molecule has 4 nitrogen and oxygen atoms in total. The number of hydrogen-bond acceptors (Lipinski definition) is 2. The lowest BCUT2D eigenvalue weighted by molar-refractivity contribution is -0.175. The lowest BCUT2D eigenvalue weighted by Crippen LogP contribution is -2.46. The van der Waals surface area contributed by atoms with Crippen molar-refractivity contribution in [2.45, 2.75) is 45.3 Å². The second-order valence-corrected chi connectivity index (χ2v) is 4.19. The Balaban J connectivity index is 4.26. The number of alkyl halides is 3. The van der Waals surface area contributed by atoms with Gasteiger partial charge in [-0.3, -0.25) is 4.79 Å². The number of hydrogen-bond donors (Lipinski definition) is 2. The summed E-state index contributed by atoms with van der Waals surface area (Å²) in [6, 6.07) is -1.48. The lowest BCUT2D eigenvalue weighted by Gasteiger charge is -2.16. The number of carboxylic acids is 1. The maximum atomic E-state index is 11.9. The van der Waals surface area contributed by atoms with Gasteiger partial charge in [0.05, 0.1) is 0 Å². The van der Waals surface area contributed by atoms with Gasteiger partial charge in [0.1, 0.15) is 6.04 Å². The number of carboxylic acid groups (broad SMARTS) is 1. The molecule has 1 amide bonds. The van der Waals surface area contributed by atoms with E-state index in [1.54, 1.807) is 0 Å². The average molecular weight is 255 g/mol. The van der Waals surface area contributed by atoms with Crippen molar-refractivity contribution >= 4 is 11.9 Å². The highest BCUT2D eigenvalue weighted by atomic mass is 19.4. The minimum atomic E-state index is -5.05. The first-order valence-electron chi connectivity index (χ1n) is 5.25. The molecule has 0 radical (unpaired) electrons. The summed E-state index contributed by atoms with van der Waals surface area (Å²) in [5.74, 6) is -3.33. The van der Waals surface area contributed by atoms with Gasteiger partial charge in [-0.2, -0.15) is 13.2 Å². The van der Waals surface area contributed by atoms with Gasteiger partial charge in [-0.15, -0.1) is 0 Å². The van der Waals surface area contributed by atoms with E-state index in [1.165, 1.54) is 5.32 Å². The second kappa shape index (κ2) is 6.46. The van der Waals surface area contributed by atoms with Crippen LogP contribution in [0.3, 0.4) is 0 Å². The first-order chi connectivity index (χ1) is 7.64. The van der Waals surface area contributed by atoms with Crippen molar-refractivity contribution < 1.29 is 27.9 Å². The Kier molecular flexibility index (Phi) is 5.98. The van der Waals surface area contributed by atoms with Gasteiger partial charge in [-0.25, -0.2) is 4.79 Å². The van der Waals surface area contributed by atoms with E-state index >= 15 is 0 Å². The standard InChI is InChI=1S/C10H16F3NO3/c1-6(2)4-3-5-7(8(15)16)14-9(17)10(11,12)13/h6-7H,3-5H2,1-2H3,(H,14,17)(H,15,16). The molecule has 2 N–H and O–H groups in total. The molecule has 0 fully saturated rings. The maximum Gasteiger partial charge on any atom is 0.471 e. The zero-order valence-corrected chi connectivity index (χ0v) is 9.67. The highest BCUT2D eigenvalue weighted by molar-refractivity contribution is 5.86. The van der Waals surface area contributed by atoms with Crippen molar-refractivity contribution in [2.75, 3.05) is 0 Å². The first kappa shape index (κ1) is 15.7. The monoisotopic (exact) mass is 255 g/mol. The zero-order chi connectivity index (χ0) is 13.6. The van der Waals surface area contributed by atoms with E-state index < -0.39 is 24.1 Å². The molecule has 0 spiro atoms. The van der Waals surface area contributed by atoms with Crippen LogP contribution in [0.1, 0.15) is 33.1 Å². The number of amides is 1. The summed E-state index contributed by atoms with van der Waals surface area (Å²) in [6.07, 6.45) is -3.90. The minimum Gasteiger partial charge on any atom is -0.480 e. The second-order valence-electron chi connectivity index (χ2n) is 4.19. The van der Waals surface area contributed by atoms with E-state index in [-0.39, 0.29) is 6.42 Å². The quantitative estimate of drug-likeness (QED) is 0.762. The Morgan fingerprint density at radius 1 is 1.24 bits per heavy atom. The number of rotatable bonds is 6. The van der Waals surface area contributed by atoms with Crippen LogP contribution in [0.5, 0.6) is 0 Å². The van der Waals surface area contributed by atoms with E-state index in [0.717, 1.165) is 0 Å². The maximum absolute atomic E-state index is 11.9. The Labute approximate surface area is 97.2 Å². The first-order valence-corrected chi connectivity index (χ1v) is 5.25. The van der Waals surface area contributed by atoms with E-state index in [0.29, 0.717) is 18.8 Å². The summed E-state index contributed by atoms with van der Waals surface area (Å²) in [6.45, 7) is 3.84. The predicted octanol–water partition coefficient (Wildman–Crippen LogP) is 1.94. The summed E-state index contributed by atoms with van der Waals surface area (Å²) < 4.78 is 35.8. The van der Waals surface area contributed by atoms with Crippen LogP contribution in [0, 0.1) is 5.92 Å². The highest BCUT2D eigenvalue weighted by Crippen LogP contribution is 2.16. The van der Waals surface area contributed by atoms with Crippen LogP contribution in [0.25, 0.3) is 0 Å². The Morgan fingerprint density at radius 3 is 2.12 bits per heavy atom. The Hall–Kier alpha value is -1.27. The van der Waals surface area contributed by atoms with Gasteiger partial charge in [-0.1, -0.05) is 26.7 Å². The molecule has 7 heteroatoms. The Bertz CT molecular complexity index is 276. The van der Waals surface area contributed by atoms with Crippen molar-refractivity contribution in [2.24, 2.45) is 5.92 Å². The fraction of sp³-hybridized carbons (Fsp3) is 0.800. The van der Waals surface area contributed by atoms with E-state index in [9.17, 15) is 22.8 Å². The number of nitrogens with one attached hydrogen (secondary N) is 1. The topological polar surface area (TPSA) is 66.4 Å². The van der Waals surface area contributed by atoms with E-state index in [1.807, 2.05) is 13.8 Å². The van der Waals surface area contributed by atoms with Gasteiger partial charge >= 0.3 is 18.1 Å². The SMILES string of the molecule is CC(C)CCCC(NC(=O)C(F)(F)F)C(=O)O. The third kappa shape index (κ3) is 6.80. The number of aliphatic carboxylic acids is 1. The molecule has 0 heterocycles. The van der Waals surface area contributed by atoms with Crippen molar-refractivity contribution in [1.29, 1.82) is 0 Å². The molecule has 0 saturated heterocycles. The van der Waals surface area contributed by atoms with Gasteiger partial charge < -0.3 is 10.4 Å². The van der Waals surface area contributed by atoms with Crippen LogP contribution >= 0.6 is 0 Å². The number of halogens is 3. The molecule has 100 valence electrons. The summed E-state index contributed by atoms with van der Waals surface area (Å²) >= 11 is 0. The molecule has 0 aromatic carbocycles. The molecule has 1 unspecified atom stereocenters. The number of carbonyl (C=O) groups is 2. The molecule has 0 saturated carbocycles. The molecule has 1 atom stereocenters. The molecule has 0 aliphatic carbocycles. The van der Waals surface area contributed by atoms with Crippen LogP contribution in [0.15, 0.2) is 0 Å². The fourth-order valence-electron chi connectivity index (χ4n) is 1.23. The molecular weight excluding hydrogens is 239 g/mol.